The van der Waals surface area contributed by atoms with Crippen molar-refractivity contribution in [3.05, 3.63) is 61.2 Å². The quantitative estimate of drug-likeness (QED) is 0.152. The molecule has 10 nitrogen and oxygen atoms in total. The number of hydrogen-bond donors (Lipinski definition) is 3. The van der Waals surface area contributed by atoms with E-state index in [0.29, 0.717) is 18.7 Å². The zero-order chi connectivity index (χ0) is 29.5. The maximum atomic E-state index is 13.5. The lowest BCUT2D eigenvalue weighted by atomic mass is 9.97. The number of carbonyl (C=O) groups is 4. The molecule has 0 aromatic heterocycles. The second-order valence-electron chi connectivity index (χ2n) is 10.0. The SMILES string of the molecule is C=CCC(C(=O)N[C@H](C)CO)C(=O)N[C@@H](COC)[C@@H](OC(=O)[C@H](CC=C)CC(=O)N1CCCC1)c1ccccc1. The van der Waals surface area contributed by atoms with Gasteiger partial charge in [0.25, 0.3) is 0 Å². The second kappa shape index (κ2) is 17.2. The van der Waals surface area contributed by atoms with Crippen LogP contribution in [0.25, 0.3) is 0 Å². The average molecular weight is 558 g/mol. The van der Waals surface area contributed by atoms with Crippen LogP contribution in [0.5, 0.6) is 0 Å². The maximum absolute atomic E-state index is 13.5. The predicted octanol–water partition coefficient (Wildman–Crippen LogP) is 2.30. The highest BCUT2D eigenvalue weighted by Crippen LogP contribution is 2.26. The number of esters is 1. The molecule has 1 saturated heterocycles. The third-order valence-corrected chi connectivity index (χ3v) is 6.77. The standard InChI is InChI=1S/C30H43N3O7/c1-5-12-23(18-26(35)33-16-10-11-17-33)30(38)40-27(22-14-8-7-9-15-22)25(20-39-4)32-29(37)24(13-6-2)28(36)31-21(3)19-34/h5-9,14-15,21,23-25,27,34H,1-2,10-13,16-20H2,3-4H3,(H,31,36)(H,32,37)/t21-,23-,24?,25+,27+/m1/s1. The first-order chi connectivity index (χ1) is 19.2. The molecule has 2 rings (SSSR count). The Kier molecular flexibility index (Phi) is 14.1. The summed E-state index contributed by atoms with van der Waals surface area (Å²) in [5.41, 5.74) is 0.611. The number of nitrogens with one attached hydrogen (secondary N) is 2. The first kappa shape index (κ1) is 32.7. The van der Waals surface area contributed by atoms with Crippen molar-refractivity contribution in [2.45, 2.75) is 57.2 Å². The summed E-state index contributed by atoms with van der Waals surface area (Å²) >= 11 is 0. The van der Waals surface area contributed by atoms with Crippen LogP contribution in [0, 0.1) is 11.8 Å². The van der Waals surface area contributed by atoms with E-state index in [1.807, 2.05) is 6.07 Å². The van der Waals surface area contributed by atoms with Gasteiger partial charge in [0, 0.05) is 32.7 Å². The normalized spacial score (nSPS) is 16.6. The Hall–Kier alpha value is -3.50. The number of likely N-dealkylation sites (tertiary alicyclic amines) is 1. The summed E-state index contributed by atoms with van der Waals surface area (Å²) in [4.78, 5) is 54.2. The number of ether oxygens (including phenoxy) is 2. The molecule has 0 radical (unpaired) electrons. The van der Waals surface area contributed by atoms with Gasteiger partial charge in [-0.2, -0.15) is 0 Å². The Labute approximate surface area is 236 Å². The van der Waals surface area contributed by atoms with Crippen molar-refractivity contribution in [3.63, 3.8) is 0 Å². The molecule has 0 bridgehead atoms. The predicted molar refractivity (Wildman–Crippen MR) is 151 cm³/mol. The van der Waals surface area contributed by atoms with E-state index < -0.39 is 47.8 Å². The summed E-state index contributed by atoms with van der Waals surface area (Å²) < 4.78 is 11.4. The molecule has 1 aromatic carbocycles. The van der Waals surface area contributed by atoms with Crippen molar-refractivity contribution in [3.8, 4) is 0 Å². The van der Waals surface area contributed by atoms with Crippen molar-refractivity contribution < 1.29 is 33.8 Å². The molecule has 10 heteroatoms. The topological polar surface area (TPSA) is 134 Å². The van der Waals surface area contributed by atoms with Gasteiger partial charge in [-0.15, -0.1) is 13.2 Å². The Morgan fingerprint density at radius 1 is 1.02 bits per heavy atom. The minimum Gasteiger partial charge on any atom is -0.455 e. The fraction of sp³-hybridized carbons (Fsp3) is 0.533. The molecule has 3 N–H and O–H groups in total. The number of allylic oxidation sites excluding steroid dienone is 2. The van der Waals surface area contributed by atoms with Gasteiger partial charge in [0.1, 0.15) is 12.0 Å². The number of aliphatic hydroxyl groups is 1. The minimum atomic E-state index is -1.12. The zero-order valence-corrected chi connectivity index (χ0v) is 23.6. The van der Waals surface area contributed by atoms with Gasteiger partial charge in [-0.1, -0.05) is 42.5 Å². The van der Waals surface area contributed by atoms with Gasteiger partial charge in [0.05, 0.1) is 25.2 Å². The van der Waals surface area contributed by atoms with Crippen LogP contribution in [0.15, 0.2) is 55.6 Å². The van der Waals surface area contributed by atoms with Crippen molar-refractivity contribution in [2.24, 2.45) is 11.8 Å². The molecule has 40 heavy (non-hydrogen) atoms. The van der Waals surface area contributed by atoms with E-state index in [2.05, 4.69) is 23.8 Å². The van der Waals surface area contributed by atoms with Crippen molar-refractivity contribution in [1.29, 1.82) is 0 Å². The van der Waals surface area contributed by atoms with Crippen LogP contribution >= 0.6 is 0 Å². The monoisotopic (exact) mass is 557 g/mol. The number of aliphatic hydroxyl groups excluding tert-OH is 1. The van der Waals surface area contributed by atoms with E-state index in [1.165, 1.54) is 13.2 Å². The summed E-state index contributed by atoms with van der Waals surface area (Å²) in [6.07, 6.45) is 4.29. The van der Waals surface area contributed by atoms with Crippen LogP contribution in [-0.4, -0.2) is 79.2 Å². The highest BCUT2D eigenvalue weighted by Gasteiger charge is 2.35. The average Bonchev–Trinajstić information content (AvgIpc) is 3.49. The Balaban J connectivity index is 2.30. The lowest BCUT2D eigenvalue weighted by Gasteiger charge is -2.30. The van der Waals surface area contributed by atoms with Gasteiger partial charge in [0.2, 0.25) is 17.7 Å². The van der Waals surface area contributed by atoms with Crippen LogP contribution < -0.4 is 10.6 Å². The van der Waals surface area contributed by atoms with Crippen molar-refractivity contribution >= 4 is 23.7 Å². The van der Waals surface area contributed by atoms with Crippen molar-refractivity contribution in [2.75, 3.05) is 33.4 Å². The smallest absolute Gasteiger partial charge is 0.310 e. The van der Waals surface area contributed by atoms with E-state index in [9.17, 15) is 24.3 Å². The Bertz CT molecular complexity index is 994. The van der Waals surface area contributed by atoms with Gasteiger partial charge in [-0.3, -0.25) is 19.2 Å². The van der Waals surface area contributed by atoms with E-state index >= 15 is 0 Å². The molecule has 1 unspecified atom stereocenters. The number of hydrogen-bond acceptors (Lipinski definition) is 7. The number of amides is 3. The fourth-order valence-electron chi connectivity index (χ4n) is 4.57. The fourth-order valence-corrected chi connectivity index (χ4v) is 4.57. The molecule has 0 spiro atoms. The summed E-state index contributed by atoms with van der Waals surface area (Å²) in [5.74, 6) is -3.72. The van der Waals surface area contributed by atoms with E-state index in [4.69, 9.17) is 9.47 Å². The van der Waals surface area contributed by atoms with Crippen LogP contribution in [-0.2, 0) is 28.7 Å². The lowest BCUT2D eigenvalue weighted by Crippen LogP contribution is -2.50. The van der Waals surface area contributed by atoms with E-state index in [0.717, 1.165) is 12.8 Å². The first-order valence-corrected chi connectivity index (χ1v) is 13.7. The van der Waals surface area contributed by atoms with Gasteiger partial charge in [-0.25, -0.2) is 0 Å². The molecule has 1 aliphatic heterocycles. The van der Waals surface area contributed by atoms with Crippen LogP contribution in [0.4, 0.5) is 0 Å². The first-order valence-electron chi connectivity index (χ1n) is 13.7. The summed E-state index contributed by atoms with van der Waals surface area (Å²) in [6, 6.07) is 7.52. The van der Waals surface area contributed by atoms with Gasteiger partial charge < -0.3 is 30.1 Å². The summed E-state index contributed by atoms with van der Waals surface area (Å²) in [6.45, 7) is 10.1. The van der Waals surface area contributed by atoms with Crippen LogP contribution in [0.2, 0.25) is 0 Å². The van der Waals surface area contributed by atoms with E-state index in [-0.39, 0.29) is 38.4 Å². The molecule has 1 aromatic rings. The molecular formula is C30H43N3O7. The molecule has 0 saturated carbocycles. The molecule has 1 heterocycles. The molecule has 220 valence electrons. The van der Waals surface area contributed by atoms with Gasteiger partial charge in [-0.05, 0) is 38.2 Å². The van der Waals surface area contributed by atoms with E-state index in [1.54, 1.807) is 42.2 Å². The Morgan fingerprint density at radius 2 is 1.65 bits per heavy atom. The van der Waals surface area contributed by atoms with Crippen molar-refractivity contribution in [1.82, 2.24) is 15.5 Å². The molecule has 3 amide bonds. The minimum absolute atomic E-state index is 0.00170. The molecular weight excluding hydrogens is 514 g/mol. The number of rotatable bonds is 17. The Morgan fingerprint density at radius 3 is 2.23 bits per heavy atom. The molecule has 5 atom stereocenters. The second-order valence-corrected chi connectivity index (χ2v) is 10.0. The number of nitrogens with zero attached hydrogens (tertiary/aromatic N) is 1. The zero-order valence-electron chi connectivity index (χ0n) is 23.6. The highest BCUT2D eigenvalue weighted by atomic mass is 16.5. The van der Waals surface area contributed by atoms with Crippen LogP contribution in [0.3, 0.4) is 0 Å². The van der Waals surface area contributed by atoms with Gasteiger partial charge in [0.15, 0.2) is 0 Å². The summed E-state index contributed by atoms with van der Waals surface area (Å²) in [5, 5.41) is 14.7. The third-order valence-electron chi connectivity index (χ3n) is 6.77. The number of benzene rings is 1. The molecule has 1 fully saturated rings. The number of methoxy groups -OCH3 is 1. The molecule has 0 aliphatic carbocycles. The maximum Gasteiger partial charge on any atom is 0.310 e. The summed E-state index contributed by atoms with van der Waals surface area (Å²) in [7, 11) is 1.45. The lowest BCUT2D eigenvalue weighted by molar-refractivity contribution is -0.160. The van der Waals surface area contributed by atoms with Crippen LogP contribution in [0.1, 0.15) is 50.7 Å². The van der Waals surface area contributed by atoms with Gasteiger partial charge >= 0.3 is 5.97 Å². The third kappa shape index (κ3) is 9.91. The highest BCUT2D eigenvalue weighted by molar-refractivity contribution is 6.00. The molecule has 1 aliphatic rings. The largest absolute Gasteiger partial charge is 0.455 e. The number of carbonyl (C=O) groups excluding carboxylic acids is 4.